The number of carbonyl (C=O) groups is 2. The summed E-state index contributed by atoms with van der Waals surface area (Å²) in [6.07, 6.45) is 5.59. The molecule has 1 aliphatic carbocycles. The fraction of sp³-hybridized carbons (Fsp3) is 0.579. The van der Waals surface area contributed by atoms with E-state index in [1.807, 2.05) is 19.2 Å². The van der Waals surface area contributed by atoms with Crippen LogP contribution in [0.15, 0.2) is 24.3 Å². The average Bonchev–Trinajstić information content (AvgIpc) is 2.54. The van der Waals surface area contributed by atoms with E-state index in [-0.39, 0.29) is 11.8 Å². The Morgan fingerprint density at radius 3 is 2.52 bits per heavy atom. The van der Waals surface area contributed by atoms with Gasteiger partial charge in [0.2, 0.25) is 5.91 Å². The molecule has 23 heavy (non-hydrogen) atoms. The van der Waals surface area contributed by atoms with Crippen molar-refractivity contribution in [1.29, 1.82) is 0 Å². The van der Waals surface area contributed by atoms with E-state index in [1.54, 1.807) is 24.1 Å². The van der Waals surface area contributed by atoms with Crippen LogP contribution in [0.1, 0.15) is 54.9 Å². The molecule has 0 radical (unpaired) electrons. The monoisotopic (exact) mass is 316 g/mol. The lowest BCUT2D eigenvalue weighted by molar-refractivity contribution is -0.131. The lowest BCUT2D eigenvalue weighted by Gasteiger charge is -2.28. The highest BCUT2D eigenvalue weighted by atomic mass is 16.2. The third-order valence-electron chi connectivity index (χ3n) is 4.80. The Kier molecular flexibility index (Phi) is 6.20. The molecule has 1 saturated carbocycles. The molecule has 1 fully saturated rings. The van der Waals surface area contributed by atoms with Crippen molar-refractivity contribution in [3.63, 3.8) is 0 Å². The normalized spacial score (nSPS) is 20.8. The molecule has 0 aliphatic heterocycles. The number of carbonyl (C=O) groups excluding carboxylic acids is 2. The Morgan fingerprint density at radius 2 is 1.91 bits per heavy atom. The van der Waals surface area contributed by atoms with Crippen molar-refractivity contribution < 1.29 is 9.59 Å². The van der Waals surface area contributed by atoms with Gasteiger partial charge in [-0.15, -0.1) is 0 Å². The van der Waals surface area contributed by atoms with Crippen LogP contribution >= 0.6 is 0 Å². The Bertz CT molecular complexity index is 539. The molecule has 2 rings (SSSR count). The number of nitrogens with one attached hydrogen (secondary N) is 1. The summed E-state index contributed by atoms with van der Waals surface area (Å²) < 4.78 is 0. The van der Waals surface area contributed by atoms with Crippen LogP contribution in [0.4, 0.5) is 0 Å². The highest BCUT2D eigenvalue weighted by Crippen LogP contribution is 2.31. The third-order valence-corrected chi connectivity index (χ3v) is 4.80. The van der Waals surface area contributed by atoms with Gasteiger partial charge in [-0.2, -0.15) is 0 Å². The Morgan fingerprint density at radius 1 is 1.22 bits per heavy atom. The fourth-order valence-corrected chi connectivity index (χ4v) is 3.42. The number of nitrogens with zero attached hydrogens (tertiary/aromatic N) is 1. The van der Waals surface area contributed by atoms with Crippen molar-refractivity contribution in [2.24, 2.45) is 11.8 Å². The van der Waals surface area contributed by atoms with Crippen LogP contribution < -0.4 is 5.32 Å². The van der Waals surface area contributed by atoms with E-state index in [9.17, 15) is 9.59 Å². The summed E-state index contributed by atoms with van der Waals surface area (Å²) in [5.41, 5.74) is 1.69. The van der Waals surface area contributed by atoms with E-state index < -0.39 is 0 Å². The van der Waals surface area contributed by atoms with E-state index in [4.69, 9.17) is 0 Å². The van der Waals surface area contributed by atoms with Crippen molar-refractivity contribution in [2.75, 3.05) is 14.1 Å². The van der Waals surface area contributed by atoms with Gasteiger partial charge in [0.25, 0.3) is 5.91 Å². The van der Waals surface area contributed by atoms with Crippen LogP contribution in [0, 0.1) is 11.8 Å². The van der Waals surface area contributed by atoms with E-state index in [0.29, 0.717) is 24.4 Å². The second-order valence-corrected chi connectivity index (χ2v) is 6.87. The minimum atomic E-state index is -0.0904. The quantitative estimate of drug-likeness (QED) is 0.907. The third kappa shape index (κ3) is 5.08. The first-order chi connectivity index (χ1) is 11.0. The molecule has 4 heteroatoms. The summed E-state index contributed by atoms with van der Waals surface area (Å²) >= 11 is 0. The molecule has 1 aromatic carbocycles. The summed E-state index contributed by atoms with van der Waals surface area (Å²) in [7, 11) is 3.48. The predicted octanol–water partition coefficient (Wildman–Crippen LogP) is 3.22. The Balaban J connectivity index is 1.86. The molecule has 1 aliphatic rings. The topological polar surface area (TPSA) is 49.4 Å². The van der Waals surface area contributed by atoms with Crippen LogP contribution in [0.25, 0.3) is 0 Å². The molecule has 0 unspecified atom stereocenters. The average molecular weight is 316 g/mol. The molecule has 1 aromatic rings. The fourth-order valence-electron chi connectivity index (χ4n) is 3.42. The molecule has 2 atom stereocenters. The second-order valence-electron chi connectivity index (χ2n) is 6.87. The zero-order valence-corrected chi connectivity index (χ0v) is 14.5. The second kappa shape index (κ2) is 8.14. The van der Waals surface area contributed by atoms with Gasteiger partial charge in [0, 0.05) is 32.6 Å². The summed E-state index contributed by atoms with van der Waals surface area (Å²) in [5, 5.41) is 2.61. The standard InChI is InChI=1S/C19H28N2O2/c1-14-5-4-6-16(11-14)12-18(22)21(3)13-15-7-9-17(10-8-15)19(23)20-2/h7-10,14,16H,4-6,11-13H2,1-3H3,(H,20,23)/t14-,16+/m1/s1. The smallest absolute Gasteiger partial charge is 0.251 e. The zero-order chi connectivity index (χ0) is 16.8. The molecular weight excluding hydrogens is 288 g/mol. The lowest BCUT2D eigenvalue weighted by Crippen LogP contribution is -2.29. The highest BCUT2D eigenvalue weighted by Gasteiger charge is 2.22. The molecular formula is C19H28N2O2. The van der Waals surface area contributed by atoms with Gasteiger partial charge in [-0.3, -0.25) is 9.59 Å². The first-order valence-electron chi connectivity index (χ1n) is 8.54. The maximum Gasteiger partial charge on any atom is 0.251 e. The van der Waals surface area contributed by atoms with Gasteiger partial charge in [-0.25, -0.2) is 0 Å². The minimum Gasteiger partial charge on any atom is -0.355 e. The van der Waals surface area contributed by atoms with E-state index in [1.165, 1.54) is 25.7 Å². The zero-order valence-electron chi connectivity index (χ0n) is 14.5. The van der Waals surface area contributed by atoms with Gasteiger partial charge in [0.15, 0.2) is 0 Å². The van der Waals surface area contributed by atoms with E-state index in [2.05, 4.69) is 12.2 Å². The van der Waals surface area contributed by atoms with Crippen molar-refractivity contribution in [3.05, 3.63) is 35.4 Å². The molecule has 0 bridgehead atoms. The molecule has 4 nitrogen and oxygen atoms in total. The SMILES string of the molecule is CNC(=O)c1ccc(CN(C)C(=O)C[C@H]2CCC[C@@H](C)C2)cc1. The molecule has 0 saturated heterocycles. The molecule has 1 N–H and O–H groups in total. The maximum atomic E-state index is 12.4. The summed E-state index contributed by atoms with van der Waals surface area (Å²) in [5.74, 6) is 1.43. The first kappa shape index (κ1) is 17.5. The number of rotatable bonds is 5. The molecule has 0 heterocycles. The summed E-state index contributed by atoms with van der Waals surface area (Å²) in [6, 6.07) is 7.43. The van der Waals surface area contributed by atoms with Gasteiger partial charge >= 0.3 is 0 Å². The van der Waals surface area contributed by atoms with Crippen LogP contribution in [0.2, 0.25) is 0 Å². The number of amides is 2. The highest BCUT2D eigenvalue weighted by molar-refractivity contribution is 5.93. The molecule has 0 spiro atoms. The first-order valence-corrected chi connectivity index (χ1v) is 8.54. The maximum absolute atomic E-state index is 12.4. The number of hydrogen-bond donors (Lipinski definition) is 1. The van der Waals surface area contributed by atoms with Crippen LogP contribution in [0.5, 0.6) is 0 Å². The van der Waals surface area contributed by atoms with Gasteiger partial charge in [0.05, 0.1) is 0 Å². The largest absolute Gasteiger partial charge is 0.355 e. The van der Waals surface area contributed by atoms with Gasteiger partial charge in [-0.05, 0) is 42.4 Å². The minimum absolute atomic E-state index is 0.0904. The number of benzene rings is 1. The van der Waals surface area contributed by atoms with Crippen molar-refractivity contribution in [1.82, 2.24) is 10.2 Å². The van der Waals surface area contributed by atoms with E-state index >= 15 is 0 Å². The van der Waals surface area contributed by atoms with Gasteiger partial charge < -0.3 is 10.2 Å². The summed E-state index contributed by atoms with van der Waals surface area (Å²) in [6.45, 7) is 2.88. The lowest BCUT2D eigenvalue weighted by atomic mass is 9.80. The predicted molar refractivity (Wildman–Crippen MR) is 92.0 cm³/mol. The molecule has 2 amide bonds. The molecule has 126 valence electrons. The number of hydrogen-bond acceptors (Lipinski definition) is 2. The van der Waals surface area contributed by atoms with Crippen LogP contribution in [0.3, 0.4) is 0 Å². The van der Waals surface area contributed by atoms with Crippen molar-refractivity contribution in [3.8, 4) is 0 Å². The van der Waals surface area contributed by atoms with Gasteiger partial charge in [0.1, 0.15) is 0 Å². The summed E-state index contributed by atoms with van der Waals surface area (Å²) in [4.78, 5) is 25.7. The van der Waals surface area contributed by atoms with Gasteiger partial charge in [-0.1, -0.05) is 31.9 Å². The molecule has 0 aromatic heterocycles. The Hall–Kier alpha value is -1.84. The van der Waals surface area contributed by atoms with E-state index in [0.717, 1.165) is 11.5 Å². The van der Waals surface area contributed by atoms with Crippen LogP contribution in [-0.2, 0) is 11.3 Å². The Labute approximate surface area is 139 Å². The van der Waals surface area contributed by atoms with Crippen LogP contribution in [-0.4, -0.2) is 30.8 Å². The van der Waals surface area contributed by atoms with Crippen molar-refractivity contribution >= 4 is 11.8 Å². The van der Waals surface area contributed by atoms with Crippen molar-refractivity contribution in [2.45, 2.75) is 45.6 Å².